The highest BCUT2D eigenvalue weighted by Gasteiger charge is 2.50. The Balaban J connectivity index is 1.19. The summed E-state index contributed by atoms with van der Waals surface area (Å²) < 4.78 is 37.2. The molecule has 20 nitrogen and oxygen atoms in total. The third-order valence-corrected chi connectivity index (χ3v) is 7.99. The molecule has 0 bridgehead atoms. The Bertz CT molecular complexity index is 1730. The zero-order valence-electron chi connectivity index (χ0n) is 21.3. The summed E-state index contributed by atoms with van der Waals surface area (Å²) in [5, 5.41) is 41.6. The van der Waals surface area contributed by atoms with Crippen molar-refractivity contribution < 1.29 is 48.4 Å². The second kappa shape index (κ2) is 10.6. The number of anilines is 2. The summed E-state index contributed by atoms with van der Waals surface area (Å²) in [5.41, 5.74) is 11.4. The Morgan fingerprint density at radius 3 is 2.48 bits per heavy atom. The van der Waals surface area contributed by atoms with E-state index in [2.05, 4.69) is 24.9 Å². The van der Waals surface area contributed by atoms with E-state index in [0.29, 0.717) is 11.0 Å². The number of pyridine rings is 1. The highest BCUT2D eigenvalue weighted by atomic mass is 31.2. The first-order valence-electron chi connectivity index (χ1n) is 12.4. The van der Waals surface area contributed by atoms with E-state index in [1.807, 2.05) is 0 Å². The Kier molecular flexibility index (Phi) is 7.22. The number of aromatic amines is 1. The largest absolute Gasteiger partial charge is 0.472 e. The number of nitrogens with one attached hydrogen (secondary N) is 1. The maximum atomic E-state index is 13.0. The van der Waals surface area contributed by atoms with E-state index in [0.717, 1.165) is 10.9 Å². The lowest BCUT2D eigenvalue weighted by molar-refractivity contribution is -0.0614. The van der Waals surface area contributed by atoms with Gasteiger partial charge in [-0.25, -0.2) is 19.5 Å². The number of phosphoric ester groups is 1. The van der Waals surface area contributed by atoms with Crippen LogP contribution in [0.5, 0.6) is 0 Å². The van der Waals surface area contributed by atoms with Crippen molar-refractivity contribution in [1.82, 2.24) is 34.1 Å². The van der Waals surface area contributed by atoms with Crippen molar-refractivity contribution in [2.45, 2.75) is 49.1 Å². The number of aromatic nitrogens is 7. The Hall–Kier alpha value is -3.56. The summed E-state index contributed by atoms with van der Waals surface area (Å²) in [6.45, 7) is -1.42. The maximum Gasteiger partial charge on any atom is 0.472 e. The van der Waals surface area contributed by atoms with Crippen molar-refractivity contribution in [2.24, 2.45) is 0 Å². The van der Waals surface area contributed by atoms with Crippen molar-refractivity contribution in [1.29, 1.82) is 0 Å². The number of hydrogen-bond donors (Lipinski definition) is 8. The third kappa shape index (κ3) is 4.82. The zero-order valence-corrected chi connectivity index (χ0v) is 22.2. The molecule has 4 aromatic heterocycles. The molecule has 6 rings (SSSR count). The highest BCUT2D eigenvalue weighted by molar-refractivity contribution is 7.47. The van der Waals surface area contributed by atoms with Gasteiger partial charge in [-0.2, -0.15) is 4.98 Å². The second-order valence-corrected chi connectivity index (χ2v) is 11.0. The van der Waals surface area contributed by atoms with Crippen molar-refractivity contribution in [3.8, 4) is 0 Å². The van der Waals surface area contributed by atoms with Gasteiger partial charge in [0.05, 0.1) is 31.4 Å². The third-order valence-electron chi connectivity index (χ3n) is 7.01. The number of aliphatic hydroxyl groups is 4. The second-order valence-electron chi connectivity index (χ2n) is 9.61. The van der Waals surface area contributed by atoms with Gasteiger partial charge < -0.3 is 50.8 Å². The molecule has 6 heterocycles. The molecule has 0 amide bonds. The molecular formula is C21H26N9O11P. The summed E-state index contributed by atoms with van der Waals surface area (Å²) >= 11 is 0. The van der Waals surface area contributed by atoms with E-state index in [-0.39, 0.29) is 22.9 Å². The van der Waals surface area contributed by atoms with Crippen molar-refractivity contribution in [3.05, 3.63) is 35.3 Å². The van der Waals surface area contributed by atoms with Gasteiger partial charge in [0.1, 0.15) is 42.1 Å². The minimum absolute atomic E-state index is 0.0820. The van der Waals surface area contributed by atoms with Crippen LogP contribution in [0.4, 0.5) is 11.8 Å². The Labute approximate surface area is 233 Å². The van der Waals surface area contributed by atoms with Crippen LogP contribution in [-0.4, -0.2) is 109 Å². The van der Waals surface area contributed by atoms with Gasteiger partial charge in [0.15, 0.2) is 29.4 Å². The first kappa shape index (κ1) is 28.6. The lowest BCUT2D eigenvalue weighted by Crippen LogP contribution is -2.36. The normalized spacial score (nSPS) is 31.3. The van der Waals surface area contributed by atoms with Gasteiger partial charge in [0, 0.05) is 6.20 Å². The van der Waals surface area contributed by atoms with E-state index in [4.69, 9.17) is 30.0 Å². The first-order valence-corrected chi connectivity index (χ1v) is 13.9. The van der Waals surface area contributed by atoms with Gasteiger partial charge in [0.25, 0.3) is 5.56 Å². The maximum absolute atomic E-state index is 13.0. The number of H-pyrrole nitrogens is 1. The summed E-state index contributed by atoms with van der Waals surface area (Å²) in [6.07, 6.45) is -7.55. The Morgan fingerprint density at radius 1 is 1.00 bits per heavy atom. The summed E-state index contributed by atoms with van der Waals surface area (Å²) in [6, 6.07) is 1.58. The fourth-order valence-electron chi connectivity index (χ4n) is 4.97. The molecule has 2 saturated heterocycles. The van der Waals surface area contributed by atoms with Gasteiger partial charge in [0.2, 0.25) is 5.95 Å². The molecule has 42 heavy (non-hydrogen) atoms. The molecule has 0 aliphatic carbocycles. The van der Waals surface area contributed by atoms with E-state index >= 15 is 0 Å². The smallest absolute Gasteiger partial charge is 0.394 e. The lowest BCUT2D eigenvalue weighted by Gasteiger charge is -2.24. The fraction of sp³-hybridized carbons (Fsp3) is 0.476. The standard InChI is InChI=1S/C21H26N9O11P/c22-16-10-7(1-2-24-16)29(5-25-10)19-14(34)12(32)9(40-19)4-38-42(36,37)41-15-13(33)8(3-31)39-20(15)30-6-26-11-17(30)27-21(23)28-18(11)35/h1-2,5-6,8-9,12-15,19-20,31-34H,3-4H2,(H2,22,24)(H,36,37)(H3,23,27,28,35)/t8-,9-,12-,13-,14-,15-,19-,20-/m1/s1. The quantitative estimate of drug-likeness (QED) is 0.0926. The van der Waals surface area contributed by atoms with Crippen LogP contribution >= 0.6 is 7.82 Å². The van der Waals surface area contributed by atoms with E-state index in [1.165, 1.54) is 17.1 Å². The number of hydrogen-bond acceptors (Lipinski definition) is 16. The van der Waals surface area contributed by atoms with Crippen LogP contribution in [-0.2, 0) is 23.1 Å². The number of rotatable bonds is 8. The molecule has 21 heteroatoms. The topological polar surface area (TPSA) is 301 Å². The molecule has 1 unspecified atom stereocenters. The van der Waals surface area contributed by atoms with Crippen LogP contribution in [0.3, 0.4) is 0 Å². The molecule has 226 valence electrons. The molecule has 2 aliphatic rings. The molecule has 0 aromatic carbocycles. The number of nitrogen functional groups attached to an aromatic ring is 2. The minimum Gasteiger partial charge on any atom is -0.394 e. The predicted octanol–water partition coefficient (Wildman–Crippen LogP) is -2.90. The van der Waals surface area contributed by atoms with E-state index in [9.17, 15) is 34.7 Å². The fourth-order valence-corrected chi connectivity index (χ4v) is 5.90. The molecule has 2 fully saturated rings. The predicted molar refractivity (Wildman–Crippen MR) is 138 cm³/mol. The molecular weight excluding hydrogens is 585 g/mol. The minimum atomic E-state index is -5.04. The molecule has 10 N–H and O–H groups in total. The lowest BCUT2D eigenvalue weighted by atomic mass is 10.1. The zero-order chi connectivity index (χ0) is 29.9. The first-order chi connectivity index (χ1) is 20.0. The summed E-state index contributed by atoms with van der Waals surface area (Å²) in [5.74, 6) is -0.105. The SMILES string of the molecule is Nc1nc2c(ncn2[C@@H]2O[C@H](CO)[C@@H](O)[C@H]2OP(=O)(O)OC[C@H]2O[C@@H](n3cnc4c(N)nccc43)[C@H](O)[C@@H]2O)c(=O)[nH]1. The van der Waals surface area contributed by atoms with E-state index in [1.54, 1.807) is 6.07 Å². The monoisotopic (exact) mass is 611 g/mol. The van der Waals surface area contributed by atoms with Crippen molar-refractivity contribution in [2.75, 3.05) is 24.7 Å². The van der Waals surface area contributed by atoms with Crippen LogP contribution in [0.1, 0.15) is 12.5 Å². The van der Waals surface area contributed by atoms with Crippen LogP contribution in [0.15, 0.2) is 29.7 Å². The van der Waals surface area contributed by atoms with Gasteiger partial charge in [-0.1, -0.05) is 0 Å². The molecule has 2 aliphatic heterocycles. The average molecular weight is 611 g/mol. The molecule has 9 atom stereocenters. The number of imidazole rings is 2. The number of nitrogens with two attached hydrogens (primary N) is 2. The number of nitrogens with zero attached hydrogens (tertiary/aromatic N) is 6. The molecule has 4 aromatic rings. The van der Waals surface area contributed by atoms with E-state index < -0.39 is 75.7 Å². The summed E-state index contributed by atoms with van der Waals surface area (Å²) in [7, 11) is -5.04. The van der Waals surface area contributed by atoms with Gasteiger partial charge in [-0.05, 0) is 6.07 Å². The van der Waals surface area contributed by atoms with Crippen LogP contribution in [0.2, 0.25) is 0 Å². The van der Waals surface area contributed by atoms with Crippen LogP contribution in [0.25, 0.3) is 22.2 Å². The molecule has 0 spiro atoms. The number of phosphoric acid groups is 1. The number of fused-ring (bicyclic) bond motifs is 2. The summed E-state index contributed by atoms with van der Waals surface area (Å²) in [4.78, 5) is 41.0. The highest BCUT2D eigenvalue weighted by Crippen LogP contribution is 2.50. The molecule has 0 saturated carbocycles. The van der Waals surface area contributed by atoms with Crippen LogP contribution < -0.4 is 17.0 Å². The van der Waals surface area contributed by atoms with Crippen LogP contribution in [0, 0.1) is 0 Å². The number of aliphatic hydroxyl groups excluding tert-OH is 4. The number of ether oxygens (including phenoxy) is 2. The van der Waals surface area contributed by atoms with Gasteiger partial charge >= 0.3 is 7.82 Å². The van der Waals surface area contributed by atoms with Crippen molar-refractivity contribution in [3.63, 3.8) is 0 Å². The average Bonchev–Trinajstić information content (AvgIpc) is 3.69. The van der Waals surface area contributed by atoms with Gasteiger partial charge in [-0.3, -0.25) is 23.4 Å². The molecule has 0 radical (unpaired) electrons. The van der Waals surface area contributed by atoms with Gasteiger partial charge in [-0.15, -0.1) is 0 Å². The van der Waals surface area contributed by atoms with Crippen molar-refractivity contribution >= 4 is 41.8 Å². The Morgan fingerprint density at radius 2 is 1.71 bits per heavy atom.